The van der Waals surface area contributed by atoms with Crippen molar-refractivity contribution < 1.29 is 17.6 Å². The van der Waals surface area contributed by atoms with Crippen molar-refractivity contribution in [3.05, 3.63) is 87.3 Å². The van der Waals surface area contributed by atoms with Gasteiger partial charge in [-0.2, -0.15) is 0 Å². The molecule has 10 heteroatoms. The van der Waals surface area contributed by atoms with Gasteiger partial charge in [0.1, 0.15) is 5.82 Å². The van der Waals surface area contributed by atoms with Crippen LogP contribution in [-0.4, -0.2) is 21.7 Å². The standard InChI is InChI=1S/C22H17F3IN5O/c23-16-3-2-15(21(20(16)25)29-18-4-1-14(26)11-17(18)24)22-31-30-19(32-22)12-28-10-7-13-5-8-27-9-6-13/h1-6,8-9,11,28-29H,7,10,12H2. The fourth-order valence-electron chi connectivity index (χ4n) is 2.99. The molecule has 0 aliphatic rings. The van der Waals surface area contributed by atoms with E-state index in [-0.39, 0.29) is 28.7 Å². The number of benzene rings is 2. The number of rotatable bonds is 8. The van der Waals surface area contributed by atoms with Crippen LogP contribution >= 0.6 is 22.6 Å². The Labute approximate surface area is 195 Å². The Kier molecular flexibility index (Phi) is 7.00. The van der Waals surface area contributed by atoms with E-state index in [1.165, 1.54) is 18.2 Å². The minimum atomic E-state index is -1.17. The lowest BCUT2D eigenvalue weighted by atomic mass is 10.1. The molecule has 2 aromatic heterocycles. The summed E-state index contributed by atoms with van der Waals surface area (Å²) < 4.78 is 49.0. The van der Waals surface area contributed by atoms with Crippen LogP contribution in [0.2, 0.25) is 0 Å². The average molecular weight is 551 g/mol. The Hall–Kier alpha value is -2.99. The molecule has 6 nitrogen and oxygen atoms in total. The van der Waals surface area contributed by atoms with E-state index in [9.17, 15) is 13.2 Å². The smallest absolute Gasteiger partial charge is 0.250 e. The molecular formula is C22H17F3IN5O. The maximum absolute atomic E-state index is 14.6. The molecule has 0 saturated carbocycles. The Morgan fingerprint density at radius 2 is 1.75 bits per heavy atom. The molecule has 0 saturated heterocycles. The molecule has 2 heterocycles. The van der Waals surface area contributed by atoms with E-state index < -0.39 is 17.5 Å². The van der Waals surface area contributed by atoms with E-state index in [1.807, 2.05) is 34.7 Å². The Morgan fingerprint density at radius 1 is 0.938 bits per heavy atom. The topological polar surface area (TPSA) is 75.9 Å². The lowest BCUT2D eigenvalue weighted by molar-refractivity contribution is 0.477. The third kappa shape index (κ3) is 5.25. The first-order valence-corrected chi connectivity index (χ1v) is 10.7. The lowest BCUT2D eigenvalue weighted by Gasteiger charge is -2.12. The number of nitrogens with one attached hydrogen (secondary N) is 2. The molecule has 2 aromatic carbocycles. The van der Waals surface area contributed by atoms with Crippen LogP contribution in [0.4, 0.5) is 24.5 Å². The summed E-state index contributed by atoms with van der Waals surface area (Å²) in [6, 6.07) is 10.5. The summed E-state index contributed by atoms with van der Waals surface area (Å²) in [5, 5.41) is 13.7. The van der Waals surface area contributed by atoms with Crippen LogP contribution in [0.15, 0.2) is 59.3 Å². The molecule has 4 rings (SSSR count). The second-order valence-electron chi connectivity index (χ2n) is 6.82. The van der Waals surface area contributed by atoms with Gasteiger partial charge in [0, 0.05) is 16.0 Å². The van der Waals surface area contributed by atoms with Crippen LogP contribution in [0.3, 0.4) is 0 Å². The molecule has 32 heavy (non-hydrogen) atoms. The molecule has 0 bridgehead atoms. The maximum atomic E-state index is 14.6. The summed E-state index contributed by atoms with van der Waals surface area (Å²) in [6.45, 7) is 0.974. The van der Waals surface area contributed by atoms with Crippen LogP contribution in [-0.2, 0) is 13.0 Å². The summed E-state index contributed by atoms with van der Waals surface area (Å²) in [5.74, 6) is -2.58. The van der Waals surface area contributed by atoms with Crippen molar-refractivity contribution in [3.8, 4) is 11.5 Å². The van der Waals surface area contributed by atoms with E-state index >= 15 is 0 Å². The third-order valence-corrected chi connectivity index (χ3v) is 5.27. The van der Waals surface area contributed by atoms with Crippen molar-refractivity contribution in [1.29, 1.82) is 0 Å². The predicted octanol–water partition coefficient (Wildman–Crippen LogP) is 5.23. The summed E-state index contributed by atoms with van der Waals surface area (Å²) >= 11 is 1.96. The quantitative estimate of drug-likeness (QED) is 0.231. The number of halogens is 4. The van der Waals surface area contributed by atoms with Crippen molar-refractivity contribution in [1.82, 2.24) is 20.5 Å². The number of nitrogens with zero attached hydrogens (tertiary/aromatic N) is 3. The second-order valence-corrected chi connectivity index (χ2v) is 8.06. The molecule has 2 N–H and O–H groups in total. The molecule has 0 aliphatic carbocycles. The highest BCUT2D eigenvalue weighted by Crippen LogP contribution is 2.34. The normalized spacial score (nSPS) is 11.0. The third-order valence-electron chi connectivity index (χ3n) is 4.60. The van der Waals surface area contributed by atoms with Gasteiger partial charge < -0.3 is 15.1 Å². The predicted molar refractivity (Wildman–Crippen MR) is 122 cm³/mol. The Balaban J connectivity index is 1.50. The number of pyridine rings is 1. The summed E-state index contributed by atoms with van der Waals surface area (Å²) in [4.78, 5) is 3.98. The van der Waals surface area contributed by atoms with Gasteiger partial charge >= 0.3 is 0 Å². The SMILES string of the molecule is Fc1cc(I)ccc1Nc1c(-c2nnc(CNCCc3ccncc3)o2)ccc(F)c1F. The number of anilines is 2. The Morgan fingerprint density at radius 3 is 2.53 bits per heavy atom. The molecule has 0 aliphatic heterocycles. The summed E-state index contributed by atoms with van der Waals surface area (Å²) in [7, 11) is 0. The van der Waals surface area contributed by atoms with Crippen molar-refractivity contribution in [2.24, 2.45) is 0 Å². The molecular weight excluding hydrogens is 534 g/mol. The molecule has 0 unspecified atom stereocenters. The van der Waals surface area contributed by atoms with E-state index in [0.29, 0.717) is 16.7 Å². The monoisotopic (exact) mass is 551 g/mol. The zero-order valence-corrected chi connectivity index (χ0v) is 18.7. The van der Waals surface area contributed by atoms with Gasteiger partial charge in [0.15, 0.2) is 11.6 Å². The fraction of sp³-hybridized carbons (Fsp3) is 0.136. The van der Waals surface area contributed by atoms with Gasteiger partial charge in [0.25, 0.3) is 0 Å². The van der Waals surface area contributed by atoms with Gasteiger partial charge in [-0.1, -0.05) is 0 Å². The average Bonchev–Trinajstić information content (AvgIpc) is 3.25. The van der Waals surface area contributed by atoms with Crippen LogP contribution in [0.25, 0.3) is 11.5 Å². The molecule has 4 aromatic rings. The molecule has 0 amide bonds. The first-order chi connectivity index (χ1) is 15.5. The highest BCUT2D eigenvalue weighted by molar-refractivity contribution is 14.1. The van der Waals surface area contributed by atoms with Gasteiger partial charge in [-0.05, 0) is 83.6 Å². The zero-order chi connectivity index (χ0) is 22.5. The van der Waals surface area contributed by atoms with Gasteiger partial charge in [-0.25, -0.2) is 13.2 Å². The van der Waals surface area contributed by atoms with Crippen molar-refractivity contribution in [2.45, 2.75) is 13.0 Å². The number of hydrogen-bond donors (Lipinski definition) is 2. The molecule has 0 spiro atoms. The number of aromatic nitrogens is 3. The molecule has 0 radical (unpaired) electrons. The van der Waals surface area contributed by atoms with Gasteiger partial charge in [-0.3, -0.25) is 4.98 Å². The van der Waals surface area contributed by atoms with E-state index in [1.54, 1.807) is 18.5 Å². The minimum Gasteiger partial charge on any atom is -0.419 e. The highest BCUT2D eigenvalue weighted by atomic mass is 127. The van der Waals surface area contributed by atoms with Gasteiger partial charge in [0.2, 0.25) is 11.8 Å². The fourth-order valence-corrected chi connectivity index (χ4v) is 3.44. The van der Waals surface area contributed by atoms with Gasteiger partial charge in [0.05, 0.1) is 23.5 Å². The number of hydrogen-bond acceptors (Lipinski definition) is 6. The van der Waals surface area contributed by atoms with Crippen molar-refractivity contribution in [2.75, 3.05) is 11.9 Å². The molecule has 0 atom stereocenters. The van der Waals surface area contributed by atoms with Crippen LogP contribution in [0.5, 0.6) is 0 Å². The van der Waals surface area contributed by atoms with E-state index in [4.69, 9.17) is 4.42 Å². The first kappa shape index (κ1) is 22.2. The van der Waals surface area contributed by atoms with Gasteiger partial charge in [-0.15, -0.1) is 10.2 Å². The van der Waals surface area contributed by atoms with E-state index in [0.717, 1.165) is 18.1 Å². The Bertz CT molecular complexity index is 1220. The van der Waals surface area contributed by atoms with Crippen LogP contribution in [0.1, 0.15) is 11.5 Å². The van der Waals surface area contributed by atoms with E-state index in [2.05, 4.69) is 25.8 Å². The van der Waals surface area contributed by atoms with Crippen molar-refractivity contribution >= 4 is 34.0 Å². The summed E-state index contributed by atoms with van der Waals surface area (Å²) in [6.07, 6.45) is 4.26. The largest absolute Gasteiger partial charge is 0.419 e. The molecule has 0 fully saturated rings. The first-order valence-electron chi connectivity index (χ1n) is 9.63. The van der Waals surface area contributed by atoms with Crippen molar-refractivity contribution in [3.63, 3.8) is 0 Å². The summed E-state index contributed by atoms with van der Waals surface area (Å²) in [5.41, 5.74) is 0.969. The minimum absolute atomic E-state index is 0.00585. The zero-order valence-electron chi connectivity index (χ0n) is 16.6. The lowest BCUT2D eigenvalue weighted by Crippen LogP contribution is -2.16. The molecule has 164 valence electrons. The maximum Gasteiger partial charge on any atom is 0.250 e. The highest BCUT2D eigenvalue weighted by Gasteiger charge is 2.20. The van der Waals surface area contributed by atoms with Crippen LogP contribution < -0.4 is 10.6 Å². The second kappa shape index (κ2) is 10.1. The van der Waals surface area contributed by atoms with Crippen LogP contribution in [0, 0.1) is 21.0 Å².